The van der Waals surface area contributed by atoms with Crippen molar-refractivity contribution in [2.75, 3.05) is 26.6 Å². The van der Waals surface area contributed by atoms with Crippen molar-refractivity contribution in [3.05, 3.63) is 94.6 Å². The van der Waals surface area contributed by atoms with E-state index in [1.165, 1.54) is 11.1 Å². The molecule has 0 atom stereocenters. The molecule has 0 bridgehead atoms. The highest BCUT2D eigenvalue weighted by Crippen LogP contribution is 2.32. The number of aromatic nitrogens is 1. The second kappa shape index (κ2) is 16.8. The zero-order valence-corrected chi connectivity index (χ0v) is 26.1. The molecule has 4 aromatic rings. The number of amides is 1. The Balaban J connectivity index is 1.28. The maximum absolute atomic E-state index is 10.9. The number of rotatable bonds is 18. The third kappa shape index (κ3) is 9.51. The zero-order valence-electron chi connectivity index (χ0n) is 24.5. The van der Waals surface area contributed by atoms with Crippen LogP contribution in [-0.4, -0.2) is 42.3 Å². The van der Waals surface area contributed by atoms with E-state index in [0.29, 0.717) is 13.2 Å². The van der Waals surface area contributed by atoms with E-state index in [4.69, 9.17) is 14.2 Å². The predicted octanol–water partition coefficient (Wildman–Crippen LogP) is 7.28. The second-order valence-electron chi connectivity index (χ2n) is 9.82. The van der Waals surface area contributed by atoms with E-state index in [1.807, 2.05) is 54.7 Å². The number of ether oxygens (including phenoxy) is 3. The molecule has 9 heteroatoms. The Morgan fingerprint density at radius 2 is 1.57 bits per heavy atom. The van der Waals surface area contributed by atoms with Crippen LogP contribution in [0.3, 0.4) is 0 Å². The predicted molar refractivity (Wildman–Crippen MR) is 172 cm³/mol. The van der Waals surface area contributed by atoms with Crippen LogP contribution < -0.4 is 19.5 Å². The molecule has 0 aliphatic rings. The van der Waals surface area contributed by atoms with Gasteiger partial charge >= 0.3 is 0 Å². The van der Waals surface area contributed by atoms with Gasteiger partial charge in [-0.05, 0) is 73.2 Å². The molecule has 1 N–H and O–H groups in total. The first-order valence-corrected chi connectivity index (χ1v) is 15.9. The maximum atomic E-state index is 10.9. The van der Waals surface area contributed by atoms with Gasteiger partial charge in [-0.3, -0.25) is 4.79 Å². The fourth-order valence-corrected chi connectivity index (χ4v) is 6.35. The number of unbranched alkanes of at least 4 members (excludes halogenated alkanes) is 2. The minimum absolute atomic E-state index is 0.440. The fraction of sp³-hybridized carbons (Fsp3) is 0.333. The van der Waals surface area contributed by atoms with Crippen LogP contribution in [0.2, 0.25) is 0 Å². The van der Waals surface area contributed by atoms with Gasteiger partial charge in [-0.25, -0.2) is 9.29 Å². The minimum atomic E-state index is 0.440. The third-order valence-corrected chi connectivity index (χ3v) is 8.88. The van der Waals surface area contributed by atoms with Crippen molar-refractivity contribution in [1.82, 2.24) is 14.6 Å². The first-order valence-electron chi connectivity index (χ1n) is 14.1. The summed E-state index contributed by atoms with van der Waals surface area (Å²) in [5.41, 5.74) is 7.43. The van der Waals surface area contributed by atoms with Gasteiger partial charge in [-0.1, -0.05) is 48.3 Å². The summed E-state index contributed by atoms with van der Waals surface area (Å²) in [6, 6.07) is 22.7. The minimum Gasteiger partial charge on any atom is -0.497 e. The quantitative estimate of drug-likeness (QED) is 0.0726. The van der Waals surface area contributed by atoms with Crippen molar-refractivity contribution in [1.29, 1.82) is 0 Å². The van der Waals surface area contributed by atoms with Gasteiger partial charge in [-0.2, -0.15) is 0 Å². The summed E-state index contributed by atoms with van der Waals surface area (Å²) in [4.78, 5) is 16.4. The number of nitrogens with zero attached hydrogens (tertiary/aromatic N) is 2. The molecule has 0 spiro atoms. The molecule has 1 aromatic heterocycles. The lowest BCUT2D eigenvalue weighted by Crippen LogP contribution is -2.16. The first kappa shape index (κ1) is 31.4. The molecule has 42 heavy (non-hydrogen) atoms. The highest BCUT2D eigenvalue weighted by molar-refractivity contribution is 7.96. The molecule has 0 aliphatic heterocycles. The van der Waals surface area contributed by atoms with E-state index in [9.17, 15) is 4.79 Å². The number of nitrogens with one attached hydrogen (secondary N) is 1. The van der Waals surface area contributed by atoms with Gasteiger partial charge in [0.2, 0.25) is 6.41 Å². The molecule has 0 unspecified atom stereocenters. The van der Waals surface area contributed by atoms with Crippen molar-refractivity contribution in [3.8, 4) is 27.7 Å². The van der Waals surface area contributed by atoms with E-state index < -0.39 is 0 Å². The fourth-order valence-electron chi connectivity index (χ4n) is 4.48. The zero-order chi connectivity index (χ0) is 29.6. The van der Waals surface area contributed by atoms with Gasteiger partial charge in [0.15, 0.2) is 0 Å². The smallest absolute Gasteiger partial charge is 0.207 e. The molecular formula is C33H39N3O4S2. The van der Waals surface area contributed by atoms with Crippen molar-refractivity contribution in [2.45, 2.75) is 45.8 Å². The van der Waals surface area contributed by atoms with Crippen LogP contribution >= 0.6 is 23.3 Å². The molecular weight excluding hydrogens is 567 g/mol. The number of thiazole rings is 1. The lowest BCUT2D eigenvalue weighted by molar-refractivity contribution is -0.109. The van der Waals surface area contributed by atoms with Crippen LogP contribution in [0.5, 0.6) is 17.2 Å². The summed E-state index contributed by atoms with van der Waals surface area (Å²) in [5, 5.41) is 2.76. The molecule has 0 aliphatic carbocycles. The lowest BCUT2D eigenvalue weighted by Gasteiger charge is -2.22. The van der Waals surface area contributed by atoms with Crippen LogP contribution in [0.25, 0.3) is 10.4 Å². The molecule has 0 saturated heterocycles. The number of methoxy groups -OCH3 is 2. The van der Waals surface area contributed by atoms with Crippen LogP contribution in [0.4, 0.5) is 0 Å². The third-order valence-electron chi connectivity index (χ3n) is 6.81. The Labute approximate surface area is 257 Å². The van der Waals surface area contributed by atoms with Gasteiger partial charge in [0.1, 0.15) is 17.2 Å². The summed E-state index contributed by atoms with van der Waals surface area (Å²) in [5.74, 6) is 3.58. The van der Waals surface area contributed by atoms with Gasteiger partial charge in [0, 0.05) is 31.0 Å². The van der Waals surface area contributed by atoms with E-state index in [0.717, 1.165) is 83.5 Å². The van der Waals surface area contributed by atoms with E-state index in [-0.39, 0.29) is 0 Å². The number of carbonyl (C=O) groups is 1. The molecule has 1 amide bonds. The van der Waals surface area contributed by atoms with E-state index >= 15 is 0 Å². The summed E-state index contributed by atoms with van der Waals surface area (Å²) < 4.78 is 19.3. The molecule has 4 rings (SSSR count). The summed E-state index contributed by atoms with van der Waals surface area (Å²) in [7, 11) is 3.38. The second-order valence-corrected chi connectivity index (χ2v) is 11.9. The average Bonchev–Trinajstić information content (AvgIpc) is 3.46. The number of aryl methyl sites for hydroxylation is 1. The first-order chi connectivity index (χ1) is 20.6. The molecule has 0 fully saturated rings. The Morgan fingerprint density at radius 1 is 0.905 bits per heavy atom. The molecule has 7 nitrogen and oxygen atoms in total. The summed E-state index contributed by atoms with van der Waals surface area (Å²) in [6.45, 7) is 4.77. The Morgan fingerprint density at radius 3 is 2.14 bits per heavy atom. The number of carbonyl (C=O) groups excluding carboxylic acids is 1. The Hall–Kier alpha value is -3.53. The topological polar surface area (TPSA) is 72.9 Å². The van der Waals surface area contributed by atoms with Crippen LogP contribution in [-0.2, 0) is 24.4 Å². The monoisotopic (exact) mass is 605 g/mol. The van der Waals surface area contributed by atoms with Gasteiger partial charge in [0.25, 0.3) is 0 Å². The summed E-state index contributed by atoms with van der Waals surface area (Å²) in [6.07, 6.45) is 3.84. The molecule has 1 heterocycles. The molecule has 3 aromatic carbocycles. The highest BCUT2D eigenvalue weighted by Gasteiger charge is 2.12. The number of hydrogen-bond donors (Lipinski definition) is 1. The number of hydrogen-bond acceptors (Lipinski definition) is 8. The average molecular weight is 606 g/mol. The summed E-state index contributed by atoms with van der Waals surface area (Å²) >= 11 is 3.51. The van der Waals surface area contributed by atoms with Gasteiger partial charge < -0.3 is 19.5 Å². The Kier molecular flexibility index (Phi) is 12.6. The normalized spacial score (nSPS) is 11.0. The van der Waals surface area contributed by atoms with Crippen molar-refractivity contribution in [2.24, 2.45) is 0 Å². The molecule has 0 radical (unpaired) electrons. The van der Waals surface area contributed by atoms with Gasteiger partial charge in [0.05, 0.1) is 36.9 Å². The van der Waals surface area contributed by atoms with E-state index in [2.05, 4.69) is 51.0 Å². The maximum Gasteiger partial charge on any atom is 0.207 e. The van der Waals surface area contributed by atoms with Crippen molar-refractivity contribution < 1.29 is 19.0 Å². The molecule has 222 valence electrons. The van der Waals surface area contributed by atoms with E-state index in [1.54, 1.807) is 25.6 Å². The highest BCUT2D eigenvalue weighted by atomic mass is 32.2. The Bertz CT molecular complexity index is 1330. The number of benzene rings is 3. The largest absolute Gasteiger partial charge is 0.497 e. The van der Waals surface area contributed by atoms with Crippen LogP contribution in [0.1, 0.15) is 41.6 Å². The molecule has 0 saturated carbocycles. The standard InChI is InChI=1S/C33H39N3O4S2/c1-25-33(41-24-35-25)28-11-12-29(20-34-23-37)32(19-28)40-17-5-4-6-18-42-36(21-26-7-13-30(38-2)14-8-26)22-27-9-15-31(39-3)16-10-27/h7-16,19,23-24H,4-6,17-18,20-22H2,1-3H3,(H,34,37). The van der Waals surface area contributed by atoms with Crippen LogP contribution in [0, 0.1) is 6.92 Å². The SMILES string of the molecule is COc1ccc(CN(Cc2ccc(OC)cc2)SCCCCCOc2cc(-c3scnc3C)ccc2CNC=O)cc1. The lowest BCUT2D eigenvalue weighted by atomic mass is 10.1. The van der Waals surface area contributed by atoms with Crippen molar-refractivity contribution >= 4 is 29.7 Å². The van der Waals surface area contributed by atoms with Gasteiger partial charge in [-0.15, -0.1) is 11.3 Å². The van der Waals surface area contributed by atoms with Crippen molar-refractivity contribution in [3.63, 3.8) is 0 Å². The van der Waals surface area contributed by atoms with Crippen LogP contribution in [0.15, 0.2) is 72.2 Å².